The second-order valence-corrected chi connectivity index (χ2v) is 7.54. The Morgan fingerprint density at radius 2 is 1.64 bits per heavy atom. The van der Waals surface area contributed by atoms with Crippen LogP contribution in [0.1, 0.15) is 64.7 Å². The van der Waals surface area contributed by atoms with Gasteiger partial charge in [-0.25, -0.2) is 4.98 Å². The van der Waals surface area contributed by atoms with Crippen LogP contribution in [0.25, 0.3) is 0 Å². The van der Waals surface area contributed by atoms with Crippen molar-refractivity contribution in [2.45, 2.75) is 72.3 Å². The molecule has 0 spiro atoms. The number of rotatable bonds is 2. The van der Waals surface area contributed by atoms with Crippen LogP contribution in [0.2, 0.25) is 0 Å². The van der Waals surface area contributed by atoms with E-state index in [2.05, 4.69) is 30.7 Å². The van der Waals surface area contributed by atoms with Crippen molar-refractivity contribution in [1.29, 1.82) is 0 Å². The van der Waals surface area contributed by atoms with E-state index in [1.807, 2.05) is 20.8 Å². The van der Waals surface area contributed by atoms with Gasteiger partial charge in [-0.2, -0.15) is 13.2 Å². The molecule has 0 amide bonds. The molecule has 1 aliphatic heterocycles. The average Bonchev–Trinajstić information content (AvgIpc) is 2.74. The number of halogens is 3. The molecule has 0 saturated carbocycles. The van der Waals surface area contributed by atoms with Crippen molar-refractivity contribution < 1.29 is 13.2 Å². The van der Waals surface area contributed by atoms with E-state index >= 15 is 0 Å². The van der Waals surface area contributed by atoms with E-state index in [1.165, 1.54) is 4.57 Å². The Morgan fingerprint density at radius 3 is 2.09 bits per heavy atom. The van der Waals surface area contributed by atoms with Gasteiger partial charge in [0, 0.05) is 31.1 Å². The van der Waals surface area contributed by atoms with Crippen molar-refractivity contribution in [2.75, 3.05) is 6.54 Å². The monoisotopic (exact) mass is 317 g/mol. The molecule has 2 heterocycles. The summed E-state index contributed by atoms with van der Waals surface area (Å²) >= 11 is 0. The van der Waals surface area contributed by atoms with Gasteiger partial charge in [0.25, 0.3) is 0 Å². The minimum atomic E-state index is -4.40. The highest BCUT2D eigenvalue weighted by Gasteiger charge is 2.41. The van der Waals surface area contributed by atoms with Crippen molar-refractivity contribution in [3.05, 3.63) is 17.2 Å². The molecule has 0 aliphatic carbocycles. The summed E-state index contributed by atoms with van der Waals surface area (Å²) in [5.41, 5.74) is 1.28. The van der Waals surface area contributed by atoms with Crippen LogP contribution < -0.4 is 0 Å². The molecule has 3 nitrogen and oxygen atoms in total. The zero-order valence-electron chi connectivity index (χ0n) is 14.3. The zero-order valence-corrected chi connectivity index (χ0v) is 14.3. The molecule has 126 valence electrons. The van der Waals surface area contributed by atoms with Gasteiger partial charge in [-0.15, -0.1) is 0 Å². The fourth-order valence-electron chi connectivity index (χ4n) is 2.86. The number of imidazole rings is 1. The minimum absolute atomic E-state index is 0.0114. The Labute approximate surface area is 130 Å². The molecule has 0 N–H and O–H groups in total. The van der Waals surface area contributed by atoms with E-state index in [0.29, 0.717) is 25.3 Å². The molecule has 1 aromatic heterocycles. The summed E-state index contributed by atoms with van der Waals surface area (Å²) in [5, 5.41) is 0. The molecule has 1 aromatic rings. The molecule has 0 radical (unpaired) electrons. The molecule has 0 saturated heterocycles. The third kappa shape index (κ3) is 3.16. The van der Waals surface area contributed by atoms with Gasteiger partial charge in [0.2, 0.25) is 5.82 Å². The van der Waals surface area contributed by atoms with Crippen LogP contribution in [0.15, 0.2) is 0 Å². The standard InChI is InChI=1S/C16H26F3N3/c1-10(2)11(3)13-12-9-21(15(4,5)6)7-8-22(12)14(20-13)16(17,18)19/h10-11H,7-9H2,1-6H3. The first kappa shape index (κ1) is 17.3. The summed E-state index contributed by atoms with van der Waals surface area (Å²) in [5.74, 6) is -0.471. The van der Waals surface area contributed by atoms with E-state index in [4.69, 9.17) is 0 Å². The van der Waals surface area contributed by atoms with Crippen molar-refractivity contribution in [3.8, 4) is 0 Å². The van der Waals surface area contributed by atoms with Gasteiger partial charge in [0.15, 0.2) is 0 Å². The maximum atomic E-state index is 13.3. The van der Waals surface area contributed by atoms with E-state index in [-0.39, 0.29) is 17.4 Å². The largest absolute Gasteiger partial charge is 0.449 e. The third-order valence-electron chi connectivity index (χ3n) is 4.67. The molecule has 1 aliphatic rings. The molecule has 0 bridgehead atoms. The fraction of sp³-hybridized carbons (Fsp3) is 0.812. The lowest BCUT2D eigenvalue weighted by atomic mass is 9.92. The number of aromatic nitrogens is 2. The van der Waals surface area contributed by atoms with Crippen LogP contribution in [0.4, 0.5) is 13.2 Å². The second kappa shape index (κ2) is 5.55. The quantitative estimate of drug-likeness (QED) is 0.812. The van der Waals surface area contributed by atoms with Crippen molar-refractivity contribution >= 4 is 0 Å². The Balaban J connectivity index is 2.51. The smallest absolute Gasteiger partial charge is 0.322 e. The Kier molecular flexibility index (Phi) is 4.37. The minimum Gasteiger partial charge on any atom is -0.322 e. The number of hydrogen-bond acceptors (Lipinski definition) is 2. The summed E-state index contributed by atoms with van der Waals surface area (Å²) in [6.07, 6.45) is -4.40. The van der Waals surface area contributed by atoms with Gasteiger partial charge in [0.05, 0.1) is 11.4 Å². The van der Waals surface area contributed by atoms with Gasteiger partial charge in [-0.3, -0.25) is 4.90 Å². The van der Waals surface area contributed by atoms with E-state index in [9.17, 15) is 13.2 Å². The molecular weight excluding hydrogens is 291 g/mol. The topological polar surface area (TPSA) is 21.1 Å². The maximum absolute atomic E-state index is 13.3. The molecule has 22 heavy (non-hydrogen) atoms. The van der Waals surface area contributed by atoms with Gasteiger partial charge >= 0.3 is 6.18 Å². The summed E-state index contributed by atoms with van der Waals surface area (Å²) in [7, 11) is 0. The Morgan fingerprint density at radius 1 is 1.05 bits per heavy atom. The Bertz CT molecular complexity index is 538. The van der Waals surface area contributed by atoms with Crippen LogP contribution in [0, 0.1) is 5.92 Å². The van der Waals surface area contributed by atoms with Gasteiger partial charge in [-0.1, -0.05) is 20.8 Å². The lowest BCUT2D eigenvalue weighted by molar-refractivity contribution is -0.148. The average molecular weight is 317 g/mol. The Hall–Kier alpha value is -1.04. The fourth-order valence-corrected chi connectivity index (χ4v) is 2.86. The number of nitrogens with zero attached hydrogens (tertiary/aromatic N) is 3. The first-order valence-electron chi connectivity index (χ1n) is 7.84. The molecule has 6 heteroatoms. The first-order valence-corrected chi connectivity index (χ1v) is 7.84. The molecule has 1 unspecified atom stereocenters. The molecule has 0 aromatic carbocycles. The van der Waals surface area contributed by atoms with E-state index < -0.39 is 12.0 Å². The SMILES string of the molecule is CC(C)C(C)c1nc(C(F)(F)F)n2c1CN(C(C)(C)C)CC2. The van der Waals surface area contributed by atoms with Gasteiger partial charge in [0.1, 0.15) is 0 Å². The summed E-state index contributed by atoms with van der Waals surface area (Å²) in [6.45, 7) is 13.8. The lowest BCUT2D eigenvalue weighted by Gasteiger charge is -2.39. The number of fused-ring (bicyclic) bond motifs is 1. The van der Waals surface area contributed by atoms with Crippen molar-refractivity contribution in [3.63, 3.8) is 0 Å². The van der Waals surface area contributed by atoms with Gasteiger partial charge in [-0.05, 0) is 26.7 Å². The number of alkyl halides is 3. The van der Waals surface area contributed by atoms with Crippen LogP contribution in [0.3, 0.4) is 0 Å². The zero-order chi connectivity index (χ0) is 16.9. The highest BCUT2D eigenvalue weighted by Crippen LogP contribution is 2.37. The van der Waals surface area contributed by atoms with Crippen LogP contribution in [-0.4, -0.2) is 26.5 Å². The maximum Gasteiger partial charge on any atom is 0.449 e. The third-order valence-corrected chi connectivity index (χ3v) is 4.67. The van der Waals surface area contributed by atoms with Crippen LogP contribution in [-0.2, 0) is 19.3 Å². The van der Waals surface area contributed by atoms with Crippen molar-refractivity contribution in [1.82, 2.24) is 14.5 Å². The first-order chi connectivity index (χ1) is 9.93. The second-order valence-electron chi connectivity index (χ2n) is 7.54. The number of hydrogen-bond donors (Lipinski definition) is 0. The summed E-state index contributed by atoms with van der Waals surface area (Å²) in [6, 6.07) is 0. The molecule has 1 atom stereocenters. The molecule has 0 fully saturated rings. The van der Waals surface area contributed by atoms with E-state index in [1.54, 1.807) is 0 Å². The van der Waals surface area contributed by atoms with Crippen LogP contribution in [0.5, 0.6) is 0 Å². The highest BCUT2D eigenvalue weighted by molar-refractivity contribution is 5.24. The van der Waals surface area contributed by atoms with E-state index in [0.717, 1.165) is 5.69 Å². The van der Waals surface area contributed by atoms with Crippen LogP contribution >= 0.6 is 0 Å². The summed E-state index contributed by atoms with van der Waals surface area (Å²) in [4.78, 5) is 6.23. The molecular formula is C16H26F3N3. The highest BCUT2D eigenvalue weighted by atomic mass is 19.4. The lowest BCUT2D eigenvalue weighted by Crippen LogP contribution is -2.46. The normalized spacial score (nSPS) is 18.6. The van der Waals surface area contributed by atoms with Gasteiger partial charge < -0.3 is 4.57 Å². The predicted octanol–water partition coefficient (Wildman–Crippen LogP) is 4.28. The van der Waals surface area contributed by atoms with Crippen molar-refractivity contribution in [2.24, 2.45) is 5.92 Å². The predicted molar refractivity (Wildman–Crippen MR) is 80.6 cm³/mol. The molecule has 2 rings (SSSR count). The summed E-state index contributed by atoms with van der Waals surface area (Å²) < 4.78 is 41.2.